The summed E-state index contributed by atoms with van der Waals surface area (Å²) in [6.45, 7) is 13.6. The van der Waals surface area contributed by atoms with Crippen LogP contribution >= 0.6 is 11.3 Å². The molecule has 17 heavy (non-hydrogen) atoms. The lowest BCUT2D eigenvalue weighted by molar-refractivity contribution is 1.80. The highest BCUT2D eigenvalue weighted by Gasteiger charge is 2.08. The summed E-state index contributed by atoms with van der Waals surface area (Å²) in [4.78, 5) is 2.29. The van der Waals surface area contributed by atoms with E-state index in [2.05, 4.69) is 74.3 Å². The predicted molar refractivity (Wildman–Crippen MR) is 84.8 cm³/mol. The molecule has 0 spiro atoms. The first-order chi connectivity index (χ1) is 7.66. The molecule has 1 aromatic rings. The fourth-order valence-corrected chi connectivity index (χ4v) is 2.88. The Morgan fingerprint density at radius 2 is 1.12 bits per heavy atom. The zero-order chi connectivity index (χ0) is 13.1. The first-order valence-electron chi connectivity index (χ1n) is 5.82. The maximum Gasteiger partial charge on any atom is 0.129 e. The second-order valence-corrected chi connectivity index (χ2v) is 16.7. The number of hydrogen-bond acceptors (Lipinski definition) is 1. The zero-order valence-corrected chi connectivity index (χ0v) is 14.4. The predicted octanol–water partition coefficient (Wildman–Crippen LogP) is 4.21. The third-order valence-corrected chi connectivity index (χ3v) is 4.39. The molecule has 3 heteroatoms. The Bertz CT molecular complexity index is 458. The molecule has 0 fully saturated rings. The maximum atomic E-state index is 3.38. The minimum absolute atomic E-state index is 1.15. The van der Waals surface area contributed by atoms with E-state index in [-0.39, 0.29) is 0 Å². The average molecular weight is 277 g/mol. The molecule has 0 aliphatic rings. The smallest absolute Gasteiger partial charge is 0.126 e. The van der Waals surface area contributed by atoms with E-state index in [0.29, 0.717) is 0 Å². The highest BCUT2D eigenvalue weighted by Crippen LogP contribution is 2.15. The fraction of sp³-hybridized carbons (Fsp3) is 0.429. The molecule has 0 atom stereocenters. The van der Waals surface area contributed by atoms with Crippen LogP contribution in [0.5, 0.6) is 0 Å². The minimum Gasteiger partial charge on any atom is -0.126 e. The summed E-state index contributed by atoms with van der Waals surface area (Å²) in [6, 6.07) is 4.18. The van der Waals surface area contributed by atoms with Crippen molar-refractivity contribution in [1.29, 1.82) is 0 Å². The maximum absolute atomic E-state index is 3.38. The Hall–Kier alpha value is -0.746. The number of thiophene rings is 1. The second kappa shape index (κ2) is 5.27. The molecule has 0 aliphatic heterocycles. The van der Waals surface area contributed by atoms with Crippen LogP contribution in [0.3, 0.4) is 0 Å². The van der Waals surface area contributed by atoms with Gasteiger partial charge in [0, 0.05) is 0 Å². The normalized spacial score (nSPS) is 11.2. The first kappa shape index (κ1) is 14.3. The van der Waals surface area contributed by atoms with Crippen LogP contribution in [0.25, 0.3) is 0 Å². The highest BCUT2D eigenvalue weighted by molar-refractivity contribution is 7.13. The minimum atomic E-state index is -1.26. The van der Waals surface area contributed by atoms with Gasteiger partial charge in [-0.25, -0.2) is 0 Å². The molecule has 0 radical (unpaired) electrons. The molecule has 0 unspecified atom stereocenters. The van der Waals surface area contributed by atoms with Gasteiger partial charge < -0.3 is 0 Å². The van der Waals surface area contributed by atoms with Crippen LogP contribution in [-0.4, -0.2) is 16.1 Å². The molecular weight excluding hydrogens is 256 g/mol. The lowest BCUT2D eigenvalue weighted by atomic mass is 10.4. The SMILES string of the molecule is C[Si](C)(C)C#Cc1ccc(C#C[Si](C)(C)C)s1. The van der Waals surface area contributed by atoms with E-state index < -0.39 is 16.1 Å². The van der Waals surface area contributed by atoms with Gasteiger partial charge in [-0.15, -0.1) is 22.4 Å². The summed E-state index contributed by atoms with van der Waals surface area (Å²) in [5.41, 5.74) is 6.77. The molecule has 1 heterocycles. The van der Waals surface area contributed by atoms with Crippen LogP contribution in [0.4, 0.5) is 0 Å². The molecule has 1 aromatic heterocycles. The molecule has 0 aromatic carbocycles. The van der Waals surface area contributed by atoms with Gasteiger partial charge in [0.1, 0.15) is 16.1 Å². The molecule has 0 bridgehead atoms. The summed E-state index contributed by atoms with van der Waals surface area (Å²) in [7, 11) is -2.53. The van der Waals surface area contributed by atoms with E-state index in [4.69, 9.17) is 0 Å². The third-order valence-electron chi connectivity index (χ3n) is 1.73. The summed E-state index contributed by atoms with van der Waals surface area (Å²) < 4.78 is 0. The van der Waals surface area contributed by atoms with Crippen molar-refractivity contribution in [2.24, 2.45) is 0 Å². The van der Waals surface area contributed by atoms with Crippen LogP contribution in [0, 0.1) is 22.9 Å². The van der Waals surface area contributed by atoms with Gasteiger partial charge in [-0.3, -0.25) is 0 Å². The van der Waals surface area contributed by atoms with Gasteiger partial charge in [-0.05, 0) is 12.1 Å². The Morgan fingerprint density at radius 1 is 0.765 bits per heavy atom. The van der Waals surface area contributed by atoms with E-state index >= 15 is 0 Å². The van der Waals surface area contributed by atoms with Crippen LogP contribution in [0.15, 0.2) is 12.1 Å². The van der Waals surface area contributed by atoms with Crippen molar-refractivity contribution in [2.45, 2.75) is 39.3 Å². The number of rotatable bonds is 0. The van der Waals surface area contributed by atoms with Gasteiger partial charge in [0.05, 0.1) is 9.75 Å². The Morgan fingerprint density at radius 3 is 1.41 bits per heavy atom. The van der Waals surface area contributed by atoms with Crippen molar-refractivity contribution in [3.8, 4) is 22.9 Å². The van der Waals surface area contributed by atoms with Gasteiger partial charge >= 0.3 is 0 Å². The van der Waals surface area contributed by atoms with E-state index in [1.54, 1.807) is 11.3 Å². The monoisotopic (exact) mass is 276 g/mol. The van der Waals surface area contributed by atoms with Crippen molar-refractivity contribution in [2.75, 3.05) is 0 Å². The lowest BCUT2D eigenvalue weighted by Gasteiger charge is -2.02. The van der Waals surface area contributed by atoms with Crippen molar-refractivity contribution < 1.29 is 0 Å². The standard InChI is InChI=1S/C14H20SSi2/c1-16(2,3)11-9-13-7-8-14(15-13)10-12-17(4,5)6/h7-8H,1-6H3. The van der Waals surface area contributed by atoms with Crippen LogP contribution in [0.1, 0.15) is 9.75 Å². The Kier molecular flexibility index (Phi) is 4.44. The zero-order valence-electron chi connectivity index (χ0n) is 11.6. The van der Waals surface area contributed by atoms with Gasteiger partial charge in [-0.2, -0.15) is 0 Å². The highest BCUT2D eigenvalue weighted by atomic mass is 32.1. The quantitative estimate of drug-likeness (QED) is 0.492. The van der Waals surface area contributed by atoms with Crippen molar-refractivity contribution in [3.63, 3.8) is 0 Å². The molecule has 0 N–H and O–H groups in total. The molecule has 0 amide bonds. The summed E-state index contributed by atoms with van der Waals surface area (Å²) in [5.74, 6) is 6.55. The molecule has 1 rings (SSSR count). The third kappa shape index (κ3) is 6.53. The summed E-state index contributed by atoms with van der Waals surface area (Å²) >= 11 is 1.71. The topological polar surface area (TPSA) is 0 Å². The fourth-order valence-electron chi connectivity index (χ4n) is 0.970. The van der Waals surface area contributed by atoms with Crippen LogP contribution in [0.2, 0.25) is 39.3 Å². The van der Waals surface area contributed by atoms with E-state index in [1.807, 2.05) is 0 Å². The first-order valence-corrected chi connectivity index (χ1v) is 13.6. The number of hydrogen-bond donors (Lipinski definition) is 0. The van der Waals surface area contributed by atoms with E-state index in [0.717, 1.165) is 9.75 Å². The van der Waals surface area contributed by atoms with Gasteiger partial charge in [0.15, 0.2) is 0 Å². The van der Waals surface area contributed by atoms with Gasteiger partial charge in [-0.1, -0.05) is 51.1 Å². The Balaban J connectivity index is 2.85. The Labute approximate surface area is 111 Å². The van der Waals surface area contributed by atoms with Crippen LogP contribution in [-0.2, 0) is 0 Å². The molecule has 0 saturated heterocycles. The van der Waals surface area contributed by atoms with Gasteiger partial charge in [0.25, 0.3) is 0 Å². The van der Waals surface area contributed by atoms with E-state index in [9.17, 15) is 0 Å². The molecular formula is C14H20SSi2. The van der Waals surface area contributed by atoms with Crippen LogP contribution < -0.4 is 0 Å². The molecule has 90 valence electrons. The lowest BCUT2D eigenvalue weighted by Crippen LogP contribution is -2.16. The van der Waals surface area contributed by atoms with Crippen molar-refractivity contribution in [1.82, 2.24) is 0 Å². The molecule has 0 saturated carbocycles. The second-order valence-electron chi connectivity index (χ2n) is 6.16. The summed E-state index contributed by atoms with van der Waals surface area (Å²) in [5, 5.41) is 0. The average Bonchev–Trinajstić information content (AvgIpc) is 2.57. The largest absolute Gasteiger partial charge is 0.129 e. The van der Waals surface area contributed by atoms with Crippen molar-refractivity contribution >= 4 is 27.5 Å². The molecule has 0 nitrogen and oxygen atoms in total. The van der Waals surface area contributed by atoms with Gasteiger partial charge in [0.2, 0.25) is 0 Å². The summed E-state index contributed by atoms with van der Waals surface area (Å²) in [6.07, 6.45) is 0. The van der Waals surface area contributed by atoms with Crippen molar-refractivity contribution in [3.05, 3.63) is 21.9 Å². The molecule has 0 aliphatic carbocycles. The van der Waals surface area contributed by atoms with E-state index in [1.165, 1.54) is 0 Å².